The van der Waals surface area contributed by atoms with Gasteiger partial charge in [0.25, 0.3) is 0 Å². The molecule has 1 heterocycles. The van der Waals surface area contributed by atoms with Crippen LogP contribution in [-0.4, -0.2) is 12.8 Å². The van der Waals surface area contributed by atoms with Crippen molar-refractivity contribution in [3.8, 4) is 0 Å². The Balaban J connectivity index is 1.67. The van der Waals surface area contributed by atoms with Gasteiger partial charge in [-0.3, -0.25) is 5.01 Å². The van der Waals surface area contributed by atoms with E-state index in [9.17, 15) is 0 Å². The molecule has 0 fully saturated rings. The van der Waals surface area contributed by atoms with E-state index in [4.69, 9.17) is 5.10 Å². The number of hydrogen-bond acceptors (Lipinski definition) is 2. The van der Waals surface area contributed by atoms with Gasteiger partial charge in [0, 0.05) is 12.1 Å². The van der Waals surface area contributed by atoms with Gasteiger partial charge in [-0.25, -0.2) is 0 Å². The summed E-state index contributed by atoms with van der Waals surface area (Å²) in [4.78, 5) is 0. The van der Waals surface area contributed by atoms with Gasteiger partial charge in [0.05, 0.1) is 11.9 Å². The Labute approximate surface area is 147 Å². The highest BCUT2D eigenvalue weighted by molar-refractivity contribution is 6.13. The number of benzene rings is 4. The Morgan fingerprint density at radius 1 is 0.760 bits per heavy atom. The summed E-state index contributed by atoms with van der Waals surface area (Å²) >= 11 is 0. The molecule has 2 nitrogen and oxygen atoms in total. The molecule has 1 aliphatic heterocycles. The van der Waals surface area contributed by atoms with Crippen molar-refractivity contribution in [2.75, 3.05) is 11.6 Å². The molecule has 0 radical (unpaired) electrons. The van der Waals surface area contributed by atoms with Gasteiger partial charge in [0.1, 0.15) is 0 Å². The number of hydrazone groups is 1. The summed E-state index contributed by atoms with van der Waals surface area (Å²) in [6.07, 6.45) is 3.09. The van der Waals surface area contributed by atoms with Gasteiger partial charge in [-0.15, -0.1) is 0 Å². The quantitative estimate of drug-likeness (QED) is 0.357. The van der Waals surface area contributed by atoms with Gasteiger partial charge >= 0.3 is 0 Å². The van der Waals surface area contributed by atoms with Crippen molar-refractivity contribution < 1.29 is 0 Å². The van der Waals surface area contributed by atoms with Crippen LogP contribution in [0, 0.1) is 0 Å². The molecule has 2 heteroatoms. The van der Waals surface area contributed by atoms with Gasteiger partial charge in [0.15, 0.2) is 0 Å². The maximum Gasteiger partial charge on any atom is 0.0626 e. The van der Waals surface area contributed by atoms with Gasteiger partial charge in [-0.2, -0.15) is 5.10 Å². The zero-order valence-corrected chi connectivity index (χ0v) is 13.9. The van der Waals surface area contributed by atoms with Crippen LogP contribution in [0.4, 0.5) is 5.69 Å². The molecule has 0 amide bonds. The van der Waals surface area contributed by atoms with Gasteiger partial charge in [-0.05, 0) is 45.7 Å². The molecule has 1 aliphatic rings. The maximum atomic E-state index is 4.84. The first-order chi connectivity index (χ1) is 12.4. The first-order valence-electron chi connectivity index (χ1n) is 8.70. The molecule has 4 aromatic carbocycles. The SMILES string of the molecule is C(=NN1CCc2ccccc21)c1c2ccccc2cc2ccccc12. The molecule has 120 valence electrons. The average Bonchev–Trinajstić information content (AvgIpc) is 3.08. The molecule has 0 aliphatic carbocycles. The van der Waals surface area contributed by atoms with E-state index in [0.29, 0.717) is 0 Å². The lowest BCUT2D eigenvalue weighted by Gasteiger charge is -2.13. The lowest BCUT2D eigenvalue weighted by molar-refractivity contribution is 0.897. The van der Waals surface area contributed by atoms with Crippen LogP contribution in [0.15, 0.2) is 84.0 Å². The second kappa shape index (κ2) is 5.75. The molecule has 25 heavy (non-hydrogen) atoms. The van der Waals surface area contributed by atoms with Crippen LogP contribution in [0.25, 0.3) is 21.5 Å². The fourth-order valence-corrected chi connectivity index (χ4v) is 3.76. The van der Waals surface area contributed by atoms with Crippen molar-refractivity contribution in [3.05, 3.63) is 90.0 Å². The topological polar surface area (TPSA) is 15.6 Å². The normalized spacial score (nSPS) is 13.8. The molecule has 0 N–H and O–H groups in total. The van der Waals surface area contributed by atoms with Crippen LogP contribution in [-0.2, 0) is 6.42 Å². The van der Waals surface area contributed by atoms with Crippen molar-refractivity contribution in [1.82, 2.24) is 0 Å². The molecular formula is C23H18N2. The molecule has 0 atom stereocenters. The zero-order chi connectivity index (χ0) is 16.6. The molecule has 0 saturated heterocycles. The molecule has 0 saturated carbocycles. The standard InChI is InChI=1S/C23H18N2/c1-4-10-20-18(8-1)15-19-9-2-5-11-21(19)22(20)16-24-25-14-13-17-7-3-6-12-23(17)25/h1-12,15-16H,13-14H2. The number of fused-ring (bicyclic) bond motifs is 3. The summed E-state index contributed by atoms with van der Waals surface area (Å²) in [5.74, 6) is 0. The molecule has 0 spiro atoms. The number of para-hydroxylation sites is 1. The highest BCUT2D eigenvalue weighted by Gasteiger charge is 2.17. The number of nitrogens with zero attached hydrogens (tertiary/aromatic N) is 2. The smallest absolute Gasteiger partial charge is 0.0626 e. The molecular weight excluding hydrogens is 304 g/mol. The number of hydrogen-bond donors (Lipinski definition) is 0. The van der Waals surface area contributed by atoms with E-state index in [0.717, 1.165) is 13.0 Å². The van der Waals surface area contributed by atoms with Crippen molar-refractivity contribution in [2.45, 2.75) is 6.42 Å². The minimum atomic E-state index is 0.943. The first-order valence-corrected chi connectivity index (χ1v) is 8.70. The van der Waals surface area contributed by atoms with E-state index in [-0.39, 0.29) is 0 Å². The predicted octanol–water partition coefficient (Wildman–Crippen LogP) is 5.39. The molecule has 0 aromatic heterocycles. The lowest BCUT2D eigenvalue weighted by Crippen LogP contribution is -2.12. The summed E-state index contributed by atoms with van der Waals surface area (Å²) in [7, 11) is 0. The van der Waals surface area contributed by atoms with E-state index < -0.39 is 0 Å². The van der Waals surface area contributed by atoms with Gasteiger partial charge in [0.2, 0.25) is 0 Å². The third-order valence-electron chi connectivity index (χ3n) is 5.00. The highest BCUT2D eigenvalue weighted by Crippen LogP contribution is 2.29. The number of anilines is 1. The van der Waals surface area contributed by atoms with Crippen LogP contribution in [0.2, 0.25) is 0 Å². The Morgan fingerprint density at radius 2 is 1.40 bits per heavy atom. The monoisotopic (exact) mass is 322 g/mol. The Morgan fingerprint density at radius 3 is 2.16 bits per heavy atom. The van der Waals surface area contributed by atoms with Gasteiger partial charge < -0.3 is 0 Å². The van der Waals surface area contributed by atoms with Crippen LogP contribution in [0.5, 0.6) is 0 Å². The minimum absolute atomic E-state index is 0.943. The van der Waals surface area contributed by atoms with E-state index in [2.05, 4.69) is 83.9 Å². The van der Waals surface area contributed by atoms with Crippen molar-refractivity contribution in [1.29, 1.82) is 0 Å². The second-order valence-electron chi connectivity index (χ2n) is 6.48. The Bertz CT molecular complexity index is 1060. The van der Waals surface area contributed by atoms with Crippen molar-refractivity contribution in [2.24, 2.45) is 5.10 Å². The third kappa shape index (κ3) is 2.38. The minimum Gasteiger partial charge on any atom is -0.265 e. The molecule has 0 bridgehead atoms. The number of rotatable bonds is 2. The van der Waals surface area contributed by atoms with Crippen LogP contribution < -0.4 is 5.01 Å². The van der Waals surface area contributed by atoms with Gasteiger partial charge in [-0.1, -0.05) is 66.7 Å². The summed E-state index contributed by atoms with van der Waals surface area (Å²) in [6.45, 7) is 0.943. The third-order valence-corrected chi connectivity index (χ3v) is 5.00. The van der Waals surface area contributed by atoms with Crippen LogP contribution >= 0.6 is 0 Å². The molecule has 5 rings (SSSR count). The molecule has 0 unspecified atom stereocenters. The van der Waals surface area contributed by atoms with E-state index in [1.807, 2.05) is 6.21 Å². The fraction of sp³-hybridized carbons (Fsp3) is 0.0870. The fourth-order valence-electron chi connectivity index (χ4n) is 3.76. The zero-order valence-electron chi connectivity index (χ0n) is 13.9. The van der Waals surface area contributed by atoms with Crippen LogP contribution in [0.3, 0.4) is 0 Å². The first kappa shape index (κ1) is 14.2. The van der Waals surface area contributed by atoms with Crippen molar-refractivity contribution in [3.63, 3.8) is 0 Å². The van der Waals surface area contributed by atoms with E-state index in [1.54, 1.807) is 0 Å². The summed E-state index contributed by atoms with van der Waals surface area (Å²) in [5, 5.41) is 12.0. The summed E-state index contributed by atoms with van der Waals surface area (Å²) in [5.41, 5.74) is 3.80. The second-order valence-corrected chi connectivity index (χ2v) is 6.48. The summed E-state index contributed by atoms with van der Waals surface area (Å²) in [6, 6.07) is 27.9. The predicted molar refractivity (Wildman–Crippen MR) is 107 cm³/mol. The highest BCUT2D eigenvalue weighted by atomic mass is 15.5. The average molecular weight is 322 g/mol. The largest absolute Gasteiger partial charge is 0.265 e. The summed E-state index contributed by atoms with van der Waals surface area (Å²) < 4.78 is 0. The van der Waals surface area contributed by atoms with Crippen molar-refractivity contribution >= 4 is 33.4 Å². The van der Waals surface area contributed by atoms with E-state index >= 15 is 0 Å². The lowest BCUT2D eigenvalue weighted by atomic mass is 9.97. The Hall–Kier alpha value is -3.13. The Kier molecular flexibility index (Phi) is 3.27. The van der Waals surface area contributed by atoms with Crippen LogP contribution in [0.1, 0.15) is 11.1 Å². The molecule has 4 aromatic rings. The maximum absolute atomic E-state index is 4.84. The van der Waals surface area contributed by atoms with E-state index in [1.165, 1.54) is 38.4 Å².